The van der Waals surface area contributed by atoms with Gasteiger partial charge < -0.3 is 9.64 Å². The fraction of sp³-hybridized carbons (Fsp3) is 0.579. The summed E-state index contributed by atoms with van der Waals surface area (Å²) in [5.41, 5.74) is 0.556. The van der Waals surface area contributed by atoms with Crippen molar-refractivity contribution in [3.05, 3.63) is 34.3 Å². The Morgan fingerprint density at radius 2 is 1.58 bits per heavy atom. The van der Waals surface area contributed by atoms with Gasteiger partial charge in [0.1, 0.15) is 6.54 Å². The second-order valence-electron chi connectivity index (χ2n) is 6.01. The van der Waals surface area contributed by atoms with Crippen LogP contribution in [0, 0.1) is 0 Å². The molecular formula is C19H28BrNO3. The minimum absolute atomic E-state index is 0.0224. The van der Waals surface area contributed by atoms with Crippen molar-refractivity contribution in [1.82, 2.24) is 4.90 Å². The maximum atomic E-state index is 12.2. The van der Waals surface area contributed by atoms with Crippen molar-refractivity contribution in [2.75, 3.05) is 20.2 Å². The van der Waals surface area contributed by atoms with Gasteiger partial charge in [-0.1, -0.05) is 61.4 Å². The lowest BCUT2D eigenvalue weighted by molar-refractivity contribution is -0.144. The number of amides is 1. The third-order valence-corrected chi connectivity index (χ3v) is 4.34. The standard InChI is InChI=1S/C19H28BrNO3/c1-3-4-5-6-7-8-9-14-24-18(22)15-21(2)19(23)16-10-12-17(20)13-11-16/h10-13H,3-9,14-15H2,1-2H3. The van der Waals surface area contributed by atoms with E-state index in [4.69, 9.17) is 4.74 Å². The molecule has 134 valence electrons. The summed E-state index contributed by atoms with van der Waals surface area (Å²) in [6.07, 6.45) is 8.27. The molecule has 0 spiro atoms. The zero-order chi connectivity index (χ0) is 17.8. The van der Waals surface area contributed by atoms with Crippen molar-refractivity contribution >= 4 is 27.8 Å². The zero-order valence-electron chi connectivity index (χ0n) is 14.7. The number of hydrogen-bond donors (Lipinski definition) is 0. The smallest absolute Gasteiger partial charge is 0.325 e. The summed E-state index contributed by atoms with van der Waals surface area (Å²) in [6.45, 7) is 2.62. The number of halogens is 1. The third-order valence-electron chi connectivity index (χ3n) is 3.82. The van der Waals surface area contributed by atoms with Gasteiger partial charge >= 0.3 is 5.97 Å². The molecular weight excluding hydrogens is 370 g/mol. The summed E-state index contributed by atoms with van der Waals surface area (Å²) in [4.78, 5) is 25.4. The molecule has 24 heavy (non-hydrogen) atoms. The number of carbonyl (C=O) groups excluding carboxylic acids is 2. The highest BCUT2D eigenvalue weighted by atomic mass is 79.9. The molecule has 0 radical (unpaired) electrons. The van der Waals surface area contributed by atoms with Crippen LogP contribution >= 0.6 is 15.9 Å². The van der Waals surface area contributed by atoms with E-state index in [-0.39, 0.29) is 18.4 Å². The van der Waals surface area contributed by atoms with E-state index >= 15 is 0 Å². The fourth-order valence-electron chi connectivity index (χ4n) is 2.37. The Kier molecular flexibility index (Phi) is 10.4. The molecule has 0 fully saturated rings. The van der Waals surface area contributed by atoms with Crippen LogP contribution in [0.3, 0.4) is 0 Å². The number of nitrogens with zero attached hydrogens (tertiary/aromatic N) is 1. The van der Waals surface area contributed by atoms with Crippen LogP contribution in [0.15, 0.2) is 28.7 Å². The molecule has 5 heteroatoms. The van der Waals surface area contributed by atoms with Gasteiger partial charge in [-0.25, -0.2) is 0 Å². The quantitative estimate of drug-likeness (QED) is 0.397. The fourth-order valence-corrected chi connectivity index (χ4v) is 2.63. The lowest BCUT2D eigenvalue weighted by Crippen LogP contribution is -2.33. The number of hydrogen-bond acceptors (Lipinski definition) is 3. The van der Waals surface area contributed by atoms with E-state index < -0.39 is 0 Å². The van der Waals surface area contributed by atoms with Crippen LogP contribution in [0.1, 0.15) is 62.2 Å². The van der Waals surface area contributed by atoms with Crippen LogP contribution in [0.25, 0.3) is 0 Å². The Bertz CT molecular complexity index is 502. The normalized spacial score (nSPS) is 10.5. The van der Waals surface area contributed by atoms with Gasteiger partial charge in [0.2, 0.25) is 0 Å². The summed E-state index contributed by atoms with van der Waals surface area (Å²) in [7, 11) is 1.61. The minimum Gasteiger partial charge on any atom is -0.464 e. The van der Waals surface area contributed by atoms with E-state index in [2.05, 4.69) is 22.9 Å². The predicted octanol–water partition coefficient (Wildman–Crippen LogP) is 4.81. The highest BCUT2D eigenvalue weighted by Gasteiger charge is 2.15. The molecule has 1 aromatic carbocycles. The molecule has 1 rings (SSSR count). The largest absolute Gasteiger partial charge is 0.464 e. The first kappa shape index (κ1) is 20.7. The first-order valence-electron chi connectivity index (χ1n) is 8.71. The molecule has 1 aromatic rings. The van der Waals surface area contributed by atoms with Crippen LogP contribution in [-0.4, -0.2) is 37.0 Å². The van der Waals surface area contributed by atoms with Crippen molar-refractivity contribution in [3.63, 3.8) is 0 Å². The van der Waals surface area contributed by atoms with E-state index in [0.29, 0.717) is 12.2 Å². The van der Waals surface area contributed by atoms with E-state index in [9.17, 15) is 9.59 Å². The average molecular weight is 398 g/mol. The van der Waals surface area contributed by atoms with Gasteiger partial charge in [0.15, 0.2) is 0 Å². The van der Waals surface area contributed by atoms with Crippen LogP contribution in [-0.2, 0) is 9.53 Å². The van der Waals surface area contributed by atoms with Crippen molar-refractivity contribution in [1.29, 1.82) is 0 Å². The molecule has 1 amide bonds. The zero-order valence-corrected chi connectivity index (χ0v) is 16.3. The number of esters is 1. The molecule has 0 atom stereocenters. The van der Waals surface area contributed by atoms with Gasteiger partial charge in [-0.3, -0.25) is 9.59 Å². The SMILES string of the molecule is CCCCCCCCCOC(=O)CN(C)C(=O)c1ccc(Br)cc1. The number of unbranched alkanes of at least 4 members (excludes halogenated alkanes) is 6. The van der Waals surface area contributed by atoms with Gasteiger partial charge in [-0.2, -0.15) is 0 Å². The number of likely N-dealkylation sites (N-methyl/N-ethyl adjacent to an activating group) is 1. The summed E-state index contributed by atoms with van der Waals surface area (Å²) in [5.74, 6) is -0.538. The van der Waals surface area contributed by atoms with E-state index in [1.165, 1.54) is 37.0 Å². The van der Waals surface area contributed by atoms with Crippen molar-refractivity contribution in [2.24, 2.45) is 0 Å². The summed E-state index contributed by atoms with van der Waals surface area (Å²) >= 11 is 3.33. The molecule has 4 nitrogen and oxygen atoms in total. The number of rotatable bonds is 11. The first-order chi connectivity index (χ1) is 11.5. The summed E-state index contributed by atoms with van der Waals surface area (Å²) in [6, 6.07) is 7.07. The van der Waals surface area contributed by atoms with E-state index in [0.717, 1.165) is 17.3 Å². The molecule has 0 aliphatic carbocycles. The minimum atomic E-state index is -0.353. The van der Waals surface area contributed by atoms with Crippen LogP contribution in [0.2, 0.25) is 0 Å². The van der Waals surface area contributed by atoms with Crippen molar-refractivity contribution in [3.8, 4) is 0 Å². The van der Waals surface area contributed by atoms with Gasteiger partial charge in [-0.15, -0.1) is 0 Å². The number of carbonyl (C=O) groups is 2. The molecule has 0 saturated heterocycles. The van der Waals surface area contributed by atoms with Gasteiger partial charge in [0.05, 0.1) is 6.61 Å². The van der Waals surface area contributed by atoms with E-state index in [1.807, 2.05) is 0 Å². The van der Waals surface area contributed by atoms with Crippen LogP contribution in [0.5, 0.6) is 0 Å². The van der Waals surface area contributed by atoms with E-state index in [1.54, 1.807) is 31.3 Å². The van der Waals surface area contributed by atoms with Gasteiger partial charge in [-0.05, 0) is 30.7 Å². The topological polar surface area (TPSA) is 46.6 Å². The van der Waals surface area contributed by atoms with Gasteiger partial charge in [0.25, 0.3) is 5.91 Å². The molecule has 0 bridgehead atoms. The summed E-state index contributed by atoms with van der Waals surface area (Å²) in [5, 5.41) is 0. The molecule has 0 aliphatic rings. The number of ether oxygens (including phenoxy) is 1. The van der Waals surface area contributed by atoms with Crippen LogP contribution < -0.4 is 0 Å². The number of benzene rings is 1. The third kappa shape index (κ3) is 8.48. The molecule has 0 N–H and O–H groups in total. The molecule has 0 aliphatic heterocycles. The maximum absolute atomic E-state index is 12.2. The second-order valence-corrected chi connectivity index (χ2v) is 6.93. The average Bonchev–Trinajstić information content (AvgIpc) is 2.57. The Morgan fingerprint density at radius 3 is 2.21 bits per heavy atom. The first-order valence-corrected chi connectivity index (χ1v) is 9.50. The molecule has 0 aromatic heterocycles. The van der Waals surface area contributed by atoms with Gasteiger partial charge in [0, 0.05) is 17.1 Å². The Hall–Kier alpha value is -1.36. The van der Waals surface area contributed by atoms with Crippen molar-refractivity contribution < 1.29 is 14.3 Å². The molecule has 0 saturated carbocycles. The Morgan fingerprint density at radius 1 is 1.00 bits per heavy atom. The second kappa shape index (κ2) is 12.1. The Balaban J connectivity index is 2.17. The predicted molar refractivity (Wildman–Crippen MR) is 100 cm³/mol. The Labute approximate surface area is 153 Å². The highest BCUT2D eigenvalue weighted by molar-refractivity contribution is 9.10. The van der Waals surface area contributed by atoms with Crippen molar-refractivity contribution in [2.45, 2.75) is 51.9 Å². The monoisotopic (exact) mass is 397 g/mol. The lowest BCUT2D eigenvalue weighted by Gasteiger charge is -2.16. The lowest BCUT2D eigenvalue weighted by atomic mass is 10.1. The molecule has 0 heterocycles. The molecule has 0 unspecified atom stereocenters. The summed E-state index contributed by atoms with van der Waals surface area (Å²) < 4.78 is 6.12. The highest BCUT2D eigenvalue weighted by Crippen LogP contribution is 2.12. The maximum Gasteiger partial charge on any atom is 0.325 e. The van der Waals surface area contributed by atoms with Crippen LogP contribution in [0.4, 0.5) is 0 Å².